The molecule has 1 rings (SSSR count). The maximum atomic E-state index is 9.66. The van der Waals surface area contributed by atoms with E-state index in [1.54, 1.807) is 0 Å². The number of hydrogen-bond donors (Lipinski definition) is 5. The van der Waals surface area contributed by atoms with Gasteiger partial charge in [0, 0.05) is 0 Å². The fourth-order valence-electron chi connectivity index (χ4n) is 1.42. The number of aliphatic hydroxyl groups excluding tert-OH is 4. The van der Waals surface area contributed by atoms with Crippen LogP contribution in [-0.2, 0) is 9.47 Å². The van der Waals surface area contributed by atoms with Crippen molar-refractivity contribution < 1.29 is 29.9 Å². The first-order valence-corrected chi connectivity index (χ1v) is 6.09. The summed E-state index contributed by atoms with van der Waals surface area (Å²) >= 11 is 1.06. The van der Waals surface area contributed by atoms with Crippen LogP contribution in [0.5, 0.6) is 0 Å². The lowest BCUT2D eigenvalue weighted by molar-refractivity contribution is -0.205. The van der Waals surface area contributed by atoms with Crippen LogP contribution in [0.1, 0.15) is 0 Å². The molecule has 5 N–H and O–H groups in total. The number of rotatable bonds is 4. The van der Waals surface area contributed by atoms with Gasteiger partial charge in [0.25, 0.3) is 0 Å². The van der Waals surface area contributed by atoms with Crippen molar-refractivity contribution in [2.45, 2.75) is 29.9 Å². The highest BCUT2D eigenvalue weighted by Gasteiger charge is 2.43. The predicted molar refractivity (Wildman–Crippen MR) is 61.0 cm³/mol. The summed E-state index contributed by atoms with van der Waals surface area (Å²) < 4.78 is 9.87. The van der Waals surface area contributed by atoms with Gasteiger partial charge in [-0.3, -0.25) is 5.41 Å². The normalized spacial score (nSPS) is 37.8. The highest BCUT2D eigenvalue weighted by molar-refractivity contribution is 8.00. The van der Waals surface area contributed by atoms with Gasteiger partial charge in [0.15, 0.2) is 5.90 Å². The van der Waals surface area contributed by atoms with Crippen LogP contribution in [0.4, 0.5) is 0 Å². The lowest BCUT2D eigenvalue weighted by atomic mass is 10.0. The molecule has 100 valence electrons. The van der Waals surface area contributed by atoms with E-state index in [0.29, 0.717) is 0 Å². The molecule has 5 atom stereocenters. The van der Waals surface area contributed by atoms with Crippen molar-refractivity contribution in [3.8, 4) is 0 Å². The zero-order chi connectivity index (χ0) is 13.0. The van der Waals surface area contributed by atoms with Gasteiger partial charge in [-0.1, -0.05) is 0 Å². The van der Waals surface area contributed by atoms with E-state index in [4.69, 9.17) is 15.3 Å². The average Bonchev–Trinajstić information content (AvgIpc) is 2.34. The zero-order valence-electron chi connectivity index (χ0n) is 9.31. The highest BCUT2D eigenvalue weighted by atomic mass is 32.2. The number of aliphatic hydroxyl groups is 4. The second-order valence-corrected chi connectivity index (χ2v) is 4.72. The molecule has 7 nitrogen and oxygen atoms in total. The van der Waals surface area contributed by atoms with E-state index in [1.807, 2.05) is 0 Å². The Morgan fingerprint density at radius 2 is 1.94 bits per heavy atom. The number of methoxy groups -OCH3 is 1. The van der Waals surface area contributed by atoms with Gasteiger partial charge >= 0.3 is 0 Å². The Hall–Kier alpha value is -0.380. The molecule has 1 fully saturated rings. The Kier molecular flexibility index (Phi) is 5.63. The van der Waals surface area contributed by atoms with E-state index in [1.165, 1.54) is 7.11 Å². The van der Waals surface area contributed by atoms with E-state index in [-0.39, 0.29) is 11.7 Å². The summed E-state index contributed by atoms with van der Waals surface area (Å²) in [5, 5.41) is 44.9. The van der Waals surface area contributed by atoms with E-state index < -0.39 is 36.5 Å². The minimum absolute atomic E-state index is 0.00644. The number of nitrogens with one attached hydrogen (secondary N) is 1. The van der Waals surface area contributed by atoms with Crippen LogP contribution < -0.4 is 0 Å². The fourth-order valence-corrected chi connectivity index (χ4v) is 2.43. The van der Waals surface area contributed by atoms with E-state index in [9.17, 15) is 15.3 Å². The maximum absolute atomic E-state index is 9.66. The highest BCUT2D eigenvalue weighted by Crippen LogP contribution is 2.28. The van der Waals surface area contributed by atoms with Gasteiger partial charge in [-0.2, -0.15) is 0 Å². The van der Waals surface area contributed by atoms with Gasteiger partial charge in [-0.25, -0.2) is 0 Å². The van der Waals surface area contributed by atoms with E-state index in [0.717, 1.165) is 11.8 Å². The summed E-state index contributed by atoms with van der Waals surface area (Å²) in [6, 6.07) is 0. The smallest absolute Gasteiger partial charge is 0.190 e. The van der Waals surface area contributed by atoms with Crippen LogP contribution in [0.3, 0.4) is 0 Å². The van der Waals surface area contributed by atoms with E-state index in [2.05, 4.69) is 4.74 Å². The molecule has 0 saturated carbocycles. The summed E-state index contributed by atoms with van der Waals surface area (Å²) in [5.41, 5.74) is -0.818. The Bertz CT molecular complexity index is 264. The largest absolute Gasteiger partial charge is 0.484 e. The first-order chi connectivity index (χ1) is 8.01. The van der Waals surface area contributed by atoms with Crippen LogP contribution in [0.25, 0.3) is 0 Å². The molecule has 0 spiro atoms. The standard InChI is InChI=1S/C9H17NO6S/c1-15-5(10)3-17-9-8(14)7(13)6(12)4(2-11)16-9/h4,6-14H,2-3H2,1H3/t4-,6-,7+,8+,9?/m1/s1. The van der Waals surface area contributed by atoms with Crippen LogP contribution in [0.2, 0.25) is 0 Å². The SMILES string of the molecule is COC(=N)CSC1O[C@H](CO)[C@@H](O)[C@H](O)[C@@H]1O. The second kappa shape index (κ2) is 6.53. The summed E-state index contributed by atoms with van der Waals surface area (Å²) in [6.07, 6.45) is -4.92. The van der Waals surface area contributed by atoms with Crippen LogP contribution >= 0.6 is 11.8 Å². The topological polar surface area (TPSA) is 123 Å². The number of ether oxygens (including phenoxy) is 2. The summed E-state index contributed by atoms with van der Waals surface area (Å²) in [6.45, 7) is -0.455. The van der Waals surface area contributed by atoms with Crippen molar-refractivity contribution in [1.82, 2.24) is 0 Å². The number of hydrogen-bond acceptors (Lipinski definition) is 8. The molecule has 1 aliphatic heterocycles. The van der Waals surface area contributed by atoms with Gasteiger partial charge in [0.1, 0.15) is 29.9 Å². The second-order valence-electron chi connectivity index (χ2n) is 3.64. The van der Waals surface area contributed by atoms with Crippen LogP contribution in [-0.4, -0.2) is 75.6 Å². The molecule has 1 unspecified atom stereocenters. The minimum atomic E-state index is -1.38. The van der Waals surface area contributed by atoms with Crippen molar-refractivity contribution in [1.29, 1.82) is 5.41 Å². The Morgan fingerprint density at radius 1 is 1.29 bits per heavy atom. The van der Waals surface area contributed by atoms with Crippen molar-refractivity contribution in [3.05, 3.63) is 0 Å². The molecule has 0 aromatic carbocycles. The molecule has 0 aromatic rings. The molecule has 17 heavy (non-hydrogen) atoms. The van der Waals surface area contributed by atoms with Gasteiger partial charge in [-0.15, -0.1) is 11.8 Å². The van der Waals surface area contributed by atoms with Gasteiger partial charge in [0.05, 0.1) is 19.5 Å². The minimum Gasteiger partial charge on any atom is -0.484 e. The van der Waals surface area contributed by atoms with Crippen molar-refractivity contribution >= 4 is 17.7 Å². The predicted octanol–water partition coefficient (Wildman–Crippen LogP) is -1.86. The molecule has 0 bridgehead atoms. The monoisotopic (exact) mass is 267 g/mol. The lowest BCUT2D eigenvalue weighted by Gasteiger charge is -2.39. The van der Waals surface area contributed by atoms with E-state index >= 15 is 0 Å². The zero-order valence-corrected chi connectivity index (χ0v) is 10.1. The van der Waals surface area contributed by atoms with Crippen molar-refractivity contribution in [2.75, 3.05) is 19.5 Å². The summed E-state index contributed by atoms with van der Waals surface area (Å²) in [4.78, 5) is 0. The Balaban J connectivity index is 2.56. The third-order valence-corrected chi connectivity index (χ3v) is 3.62. The lowest BCUT2D eigenvalue weighted by Crippen LogP contribution is -2.57. The third-order valence-electron chi connectivity index (χ3n) is 2.47. The first-order valence-electron chi connectivity index (χ1n) is 5.04. The molecule has 1 aliphatic rings. The van der Waals surface area contributed by atoms with Crippen molar-refractivity contribution in [2.24, 2.45) is 0 Å². The quantitative estimate of drug-likeness (QED) is 0.299. The Labute approximate surface area is 103 Å². The molecule has 0 aromatic heterocycles. The molecule has 0 aliphatic carbocycles. The Morgan fingerprint density at radius 3 is 2.47 bits per heavy atom. The van der Waals surface area contributed by atoms with Crippen molar-refractivity contribution in [3.63, 3.8) is 0 Å². The molecule has 1 heterocycles. The first kappa shape index (κ1) is 14.7. The van der Waals surface area contributed by atoms with Crippen LogP contribution in [0.15, 0.2) is 0 Å². The molecule has 8 heteroatoms. The third kappa shape index (κ3) is 3.54. The average molecular weight is 267 g/mol. The van der Waals surface area contributed by atoms with Gasteiger partial charge in [-0.05, 0) is 0 Å². The van der Waals surface area contributed by atoms with Crippen LogP contribution in [0, 0.1) is 5.41 Å². The molecule has 1 saturated heterocycles. The molecular weight excluding hydrogens is 250 g/mol. The maximum Gasteiger partial charge on any atom is 0.190 e. The van der Waals surface area contributed by atoms with Gasteiger partial charge < -0.3 is 29.9 Å². The van der Waals surface area contributed by atoms with Gasteiger partial charge in [0.2, 0.25) is 0 Å². The molecule has 0 radical (unpaired) electrons. The summed E-state index contributed by atoms with van der Waals surface area (Å²) in [7, 11) is 1.36. The number of thioether (sulfide) groups is 1. The molecule has 0 amide bonds. The fraction of sp³-hybridized carbons (Fsp3) is 0.889. The molecular formula is C9H17NO6S. The summed E-state index contributed by atoms with van der Waals surface area (Å²) in [5.74, 6) is 0.172.